The Morgan fingerprint density at radius 1 is 1.33 bits per heavy atom. The Balaban J connectivity index is 2.40. The summed E-state index contributed by atoms with van der Waals surface area (Å²) in [6.07, 6.45) is 1.06. The highest BCUT2D eigenvalue weighted by molar-refractivity contribution is 7.12. The molecule has 1 atom stereocenters. The first-order valence-corrected chi connectivity index (χ1v) is 5.70. The molecule has 0 saturated heterocycles. The predicted octanol–water partition coefficient (Wildman–Crippen LogP) is 3.35. The SMILES string of the molecule is Cc1cc(C)c(C(O)c2ccoc2C)s1. The van der Waals surface area contributed by atoms with E-state index in [1.807, 2.05) is 19.9 Å². The molecule has 0 spiro atoms. The quantitative estimate of drug-likeness (QED) is 0.845. The molecule has 2 rings (SSSR count). The maximum atomic E-state index is 10.2. The topological polar surface area (TPSA) is 33.4 Å². The van der Waals surface area contributed by atoms with Gasteiger partial charge in [0, 0.05) is 15.3 Å². The van der Waals surface area contributed by atoms with Gasteiger partial charge in [0.1, 0.15) is 11.9 Å². The summed E-state index contributed by atoms with van der Waals surface area (Å²) in [5.41, 5.74) is 2.01. The first kappa shape index (κ1) is 10.5. The van der Waals surface area contributed by atoms with Crippen molar-refractivity contribution in [2.75, 3.05) is 0 Å². The summed E-state index contributed by atoms with van der Waals surface area (Å²) in [5, 5.41) is 10.2. The molecule has 3 heteroatoms. The Morgan fingerprint density at radius 3 is 2.53 bits per heavy atom. The molecule has 15 heavy (non-hydrogen) atoms. The minimum Gasteiger partial charge on any atom is -0.469 e. The lowest BCUT2D eigenvalue weighted by atomic mass is 10.1. The normalized spacial score (nSPS) is 13.1. The van der Waals surface area contributed by atoms with E-state index in [1.54, 1.807) is 17.6 Å². The zero-order chi connectivity index (χ0) is 11.0. The summed E-state index contributed by atoms with van der Waals surface area (Å²) in [5.74, 6) is 0.785. The van der Waals surface area contributed by atoms with Crippen LogP contribution < -0.4 is 0 Å². The number of thiophene rings is 1. The van der Waals surface area contributed by atoms with Gasteiger partial charge in [0.25, 0.3) is 0 Å². The molecular formula is C12H14O2S. The van der Waals surface area contributed by atoms with E-state index >= 15 is 0 Å². The first-order valence-electron chi connectivity index (χ1n) is 4.88. The number of hydrogen-bond acceptors (Lipinski definition) is 3. The van der Waals surface area contributed by atoms with Crippen LogP contribution in [0.5, 0.6) is 0 Å². The lowest BCUT2D eigenvalue weighted by Crippen LogP contribution is -1.98. The molecule has 0 aliphatic rings. The van der Waals surface area contributed by atoms with Gasteiger partial charge in [-0.15, -0.1) is 11.3 Å². The highest BCUT2D eigenvalue weighted by Crippen LogP contribution is 2.33. The van der Waals surface area contributed by atoms with Crippen LogP contribution in [0.2, 0.25) is 0 Å². The third-order valence-corrected chi connectivity index (χ3v) is 3.73. The van der Waals surface area contributed by atoms with Gasteiger partial charge in [-0.25, -0.2) is 0 Å². The molecule has 2 nitrogen and oxygen atoms in total. The standard InChI is InChI=1S/C12H14O2S/c1-7-6-8(2)15-12(7)11(13)10-4-5-14-9(10)3/h4-6,11,13H,1-3H3. The van der Waals surface area contributed by atoms with Crippen LogP contribution in [0, 0.1) is 20.8 Å². The number of hydrogen-bond donors (Lipinski definition) is 1. The lowest BCUT2D eigenvalue weighted by molar-refractivity contribution is 0.221. The smallest absolute Gasteiger partial charge is 0.117 e. The average Bonchev–Trinajstić information content (AvgIpc) is 2.71. The van der Waals surface area contributed by atoms with Crippen molar-refractivity contribution in [1.29, 1.82) is 0 Å². The second kappa shape index (κ2) is 3.83. The zero-order valence-corrected chi connectivity index (χ0v) is 9.89. The molecule has 1 unspecified atom stereocenters. The van der Waals surface area contributed by atoms with Crippen molar-refractivity contribution in [2.24, 2.45) is 0 Å². The molecule has 2 aromatic heterocycles. The molecular weight excluding hydrogens is 208 g/mol. The number of aryl methyl sites for hydroxylation is 3. The fraction of sp³-hybridized carbons (Fsp3) is 0.333. The van der Waals surface area contributed by atoms with Crippen molar-refractivity contribution in [3.05, 3.63) is 45.0 Å². The Bertz CT molecular complexity index is 468. The Labute approximate surface area is 93.2 Å². The Kier molecular flexibility index (Phi) is 2.67. The van der Waals surface area contributed by atoms with E-state index in [0.717, 1.165) is 21.8 Å². The second-order valence-corrected chi connectivity index (χ2v) is 5.03. The van der Waals surface area contributed by atoms with Gasteiger partial charge in [-0.2, -0.15) is 0 Å². The third-order valence-electron chi connectivity index (χ3n) is 2.52. The van der Waals surface area contributed by atoms with Crippen LogP contribution in [0.25, 0.3) is 0 Å². The summed E-state index contributed by atoms with van der Waals surface area (Å²) in [7, 11) is 0. The van der Waals surface area contributed by atoms with Crippen LogP contribution in [-0.4, -0.2) is 5.11 Å². The van der Waals surface area contributed by atoms with Crippen molar-refractivity contribution < 1.29 is 9.52 Å². The van der Waals surface area contributed by atoms with E-state index in [1.165, 1.54) is 4.88 Å². The molecule has 0 aliphatic heterocycles. The number of furan rings is 1. The molecule has 1 N–H and O–H groups in total. The molecule has 0 amide bonds. The number of rotatable bonds is 2. The van der Waals surface area contributed by atoms with E-state index < -0.39 is 6.10 Å². The van der Waals surface area contributed by atoms with Crippen molar-refractivity contribution in [3.63, 3.8) is 0 Å². The van der Waals surface area contributed by atoms with Gasteiger partial charge in [0.2, 0.25) is 0 Å². The fourth-order valence-corrected chi connectivity index (χ4v) is 2.79. The van der Waals surface area contributed by atoms with Crippen LogP contribution >= 0.6 is 11.3 Å². The molecule has 0 bridgehead atoms. The Hall–Kier alpha value is -1.06. The van der Waals surface area contributed by atoms with Gasteiger partial charge >= 0.3 is 0 Å². The van der Waals surface area contributed by atoms with Gasteiger partial charge in [0.15, 0.2) is 0 Å². The minimum atomic E-state index is -0.553. The molecule has 0 aromatic carbocycles. The maximum Gasteiger partial charge on any atom is 0.117 e. The summed E-state index contributed by atoms with van der Waals surface area (Å²) in [6.45, 7) is 5.95. The van der Waals surface area contributed by atoms with E-state index in [9.17, 15) is 5.11 Å². The van der Waals surface area contributed by atoms with Crippen LogP contribution in [-0.2, 0) is 0 Å². The van der Waals surface area contributed by atoms with Crippen LogP contribution in [0.3, 0.4) is 0 Å². The van der Waals surface area contributed by atoms with E-state index in [2.05, 4.69) is 13.0 Å². The fourth-order valence-electron chi connectivity index (χ4n) is 1.75. The van der Waals surface area contributed by atoms with Crippen molar-refractivity contribution >= 4 is 11.3 Å². The molecule has 0 radical (unpaired) electrons. The zero-order valence-electron chi connectivity index (χ0n) is 9.07. The summed E-state index contributed by atoms with van der Waals surface area (Å²) >= 11 is 1.64. The van der Waals surface area contributed by atoms with E-state index in [0.29, 0.717) is 0 Å². The summed E-state index contributed by atoms with van der Waals surface area (Å²) < 4.78 is 5.20. The number of aliphatic hydroxyl groups is 1. The van der Waals surface area contributed by atoms with Crippen molar-refractivity contribution in [3.8, 4) is 0 Å². The molecule has 0 fully saturated rings. The summed E-state index contributed by atoms with van der Waals surface area (Å²) in [4.78, 5) is 2.24. The van der Waals surface area contributed by atoms with Gasteiger partial charge in [-0.1, -0.05) is 0 Å². The Morgan fingerprint density at radius 2 is 2.07 bits per heavy atom. The molecule has 2 heterocycles. The van der Waals surface area contributed by atoms with Crippen LogP contribution in [0.15, 0.2) is 22.8 Å². The van der Waals surface area contributed by atoms with Gasteiger partial charge in [0.05, 0.1) is 6.26 Å². The van der Waals surface area contributed by atoms with Crippen molar-refractivity contribution in [1.82, 2.24) is 0 Å². The van der Waals surface area contributed by atoms with E-state index in [4.69, 9.17) is 4.42 Å². The highest BCUT2D eigenvalue weighted by atomic mass is 32.1. The van der Waals surface area contributed by atoms with Crippen molar-refractivity contribution in [2.45, 2.75) is 26.9 Å². The molecule has 0 aliphatic carbocycles. The largest absolute Gasteiger partial charge is 0.469 e. The first-order chi connectivity index (χ1) is 7.09. The molecule has 0 saturated carbocycles. The third kappa shape index (κ3) is 1.85. The van der Waals surface area contributed by atoms with Gasteiger partial charge < -0.3 is 9.52 Å². The second-order valence-electron chi connectivity index (χ2n) is 3.74. The molecule has 80 valence electrons. The van der Waals surface area contributed by atoms with E-state index in [-0.39, 0.29) is 0 Å². The number of aliphatic hydroxyl groups excluding tert-OH is 1. The van der Waals surface area contributed by atoms with Gasteiger partial charge in [-0.05, 0) is 38.5 Å². The highest BCUT2D eigenvalue weighted by Gasteiger charge is 2.18. The van der Waals surface area contributed by atoms with Crippen LogP contribution in [0.1, 0.15) is 32.7 Å². The van der Waals surface area contributed by atoms with Crippen LogP contribution in [0.4, 0.5) is 0 Å². The predicted molar refractivity (Wildman–Crippen MR) is 61.3 cm³/mol. The monoisotopic (exact) mass is 222 g/mol. The molecule has 2 aromatic rings. The summed E-state index contributed by atoms with van der Waals surface area (Å²) in [6, 6.07) is 3.92. The minimum absolute atomic E-state index is 0.553. The lowest BCUT2D eigenvalue weighted by Gasteiger charge is -2.08. The average molecular weight is 222 g/mol. The van der Waals surface area contributed by atoms with Gasteiger partial charge in [-0.3, -0.25) is 0 Å². The maximum absolute atomic E-state index is 10.2.